The molecular weight excluding hydrogens is 534 g/mol. The molecule has 5 heteroatoms. The molecule has 0 radical (unpaired) electrons. The Morgan fingerprint density at radius 1 is 1.12 bits per heavy atom. The van der Waals surface area contributed by atoms with Crippen LogP contribution >= 0.6 is 0 Å². The molecule has 2 heterocycles. The number of ether oxygens (including phenoxy) is 2. The molecule has 5 nitrogen and oxygen atoms in total. The summed E-state index contributed by atoms with van der Waals surface area (Å²) in [4.78, 5) is 28.9. The van der Waals surface area contributed by atoms with E-state index < -0.39 is 16.4 Å². The number of nitrogens with two attached hydrogens (primary N) is 1. The van der Waals surface area contributed by atoms with Gasteiger partial charge in [-0.1, -0.05) is 75.3 Å². The number of rotatable bonds is 5. The lowest BCUT2D eigenvalue weighted by molar-refractivity contribution is -0.280. The molecule has 0 bridgehead atoms. The van der Waals surface area contributed by atoms with Crippen molar-refractivity contribution >= 4 is 11.9 Å². The van der Waals surface area contributed by atoms with Crippen molar-refractivity contribution in [2.24, 2.45) is 52.1 Å². The van der Waals surface area contributed by atoms with Gasteiger partial charge in [-0.3, -0.25) is 4.79 Å². The Hall–Kier alpha value is -2.92. The third-order valence-corrected chi connectivity index (χ3v) is 12.7. The van der Waals surface area contributed by atoms with Gasteiger partial charge in [0.15, 0.2) is 5.60 Å². The normalized spacial score (nSPS) is 42.5. The van der Waals surface area contributed by atoms with Crippen molar-refractivity contribution in [3.05, 3.63) is 82.2 Å². The molecule has 2 spiro atoms. The van der Waals surface area contributed by atoms with E-state index in [9.17, 15) is 9.59 Å². The standard InChI is InChI=1S/C38H45NO4/c1-4-5-14-31-36-18-17-27-26-12-6-9-23(3)28(26)21-25-16-15-22(2)20-30(37(36,33(25)27)35(41)42-31)38(36)29-13-7-10-24(11-8-19-39)32(29)34(40)43-38/h6-7,10,12-16,22-23,25-26,28,30H,4-5,8-9,11,17-21,39H2,1-3H3. The quantitative estimate of drug-likeness (QED) is 0.292. The van der Waals surface area contributed by atoms with Crippen LogP contribution < -0.4 is 5.73 Å². The van der Waals surface area contributed by atoms with Gasteiger partial charge in [0.25, 0.3) is 0 Å². The minimum atomic E-state index is -0.918. The second-order valence-corrected chi connectivity index (χ2v) is 14.6. The SMILES string of the molecule is CCCC=C1OC(=O)C23C4=C5CCC12C1(OC(=O)c2c(CCCN)cccc21)C3CC(C)C=CC4CC1C(C)CC=CC51. The van der Waals surface area contributed by atoms with Crippen LogP contribution in [0.2, 0.25) is 0 Å². The van der Waals surface area contributed by atoms with Crippen LogP contribution in [0.4, 0.5) is 0 Å². The molecule has 1 saturated heterocycles. The maximum atomic E-state index is 14.8. The van der Waals surface area contributed by atoms with Crippen molar-refractivity contribution in [1.29, 1.82) is 0 Å². The summed E-state index contributed by atoms with van der Waals surface area (Å²) in [5, 5.41) is 0. The zero-order valence-electron chi connectivity index (χ0n) is 25.9. The molecule has 0 aromatic heterocycles. The number of carbonyl (C=O) groups is 2. The van der Waals surface area contributed by atoms with Crippen LogP contribution in [0.25, 0.3) is 0 Å². The molecule has 7 aliphatic rings. The van der Waals surface area contributed by atoms with Crippen LogP contribution in [-0.4, -0.2) is 18.5 Å². The van der Waals surface area contributed by atoms with Crippen LogP contribution in [0.3, 0.4) is 0 Å². The maximum Gasteiger partial charge on any atom is 0.339 e. The number of unbranched alkanes of at least 4 members (excludes halogenated alkanes) is 1. The van der Waals surface area contributed by atoms with Gasteiger partial charge in [-0.2, -0.15) is 0 Å². The Morgan fingerprint density at radius 3 is 2.79 bits per heavy atom. The summed E-state index contributed by atoms with van der Waals surface area (Å²) in [6.07, 6.45) is 19.8. The van der Waals surface area contributed by atoms with Gasteiger partial charge in [0.1, 0.15) is 11.2 Å². The van der Waals surface area contributed by atoms with E-state index in [4.69, 9.17) is 15.2 Å². The number of hydrogen-bond acceptors (Lipinski definition) is 5. The number of cyclic esters (lactones) is 1. The molecule has 0 amide bonds. The lowest BCUT2D eigenvalue weighted by Gasteiger charge is -2.72. The summed E-state index contributed by atoms with van der Waals surface area (Å²) in [6.45, 7) is 7.40. The van der Waals surface area contributed by atoms with Gasteiger partial charge >= 0.3 is 11.9 Å². The molecule has 5 aliphatic carbocycles. The number of fused-ring (bicyclic) bond motifs is 5. The smallest absolute Gasteiger partial charge is 0.339 e. The van der Waals surface area contributed by atoms with E-state index in [-0.39, 0.29) is 29.7 Å². The van der Waals surface area contributed by atoms with Crippen molar-refractivity contribution in [1.82, 2.24) is 0 Å². The molecule has 2 N–H and O–H groups in total. The van der Waals surface area contributed by atoms with E-state index in [2.05, 4.69) is 69.4 Å². The lowest BCUT2D eigenvalue weighted by Crippen LogP contribution is -2.77. The molecule has 9 unspecified atom stereocenters. The molecule has 43 heavy (non-hydrogen) atoms. The van der Waals surface area contributed by atoms with Gasteiger partial charge in [-0.15, -0.1) is 0 Å². The first-order valence-electron chi connectivity index (χ1n) is 16.9. The zero-order valence-corrected chi connectivity index (χ0v) is 25.9. The topological polar surface area (TPSA) is 78.6 Å². The Labute approximate surface area is 255 Å². The fraction of sp³-hybridized carbons (Fsp3) is 0.579. The summed E-state index contributed by atoms with van der Waals surface area (Å²) < 4.78 is 13.4. The molecular formula is C38H45NO4. The number of allylic oxidation sites excluding steroid dienone is 6. The number of benzene rings is 1. The molecule has 1 saturated carbocycles. The third-order valence-electron chi connectivity index (χ3n) is 12.7. The largest absolute Gasteiger partial charge is 0.449 e. The molecule has 226 valence electrons. The maximum absolute atomic E-state index is 14.8. The third kappa shape index (κ3) is 3.13. The van der Waals surface area contributed by atoms with Gasteiger partial charge in [-0.25, -0.2) is 4.79 Å². The average Bonchev–Trinajstić information content (AvgIpc) is 3.45. The highest BCUT2D eigenvalue weighted by Gasteiger charge is 2.93. The summed E-state index contributed by atoms with van der Waals surface area (Å²) in [5.74, 6) is 2.30. The zero-order chi connectivity index (χ0) is 29.7. The van der Waals surface area contributed by atoms with Gasteiger partial charge in [0.2, 0.25) is 0 Å². The van der Waals surface area contributed by atoms with Gasteiger partial charge in [-0.05, 0) is 98.8 Å². The Balaban J connectivity index is 1.43. The number of hydrogen-bond donors (Lipinski definition) is 1. The Bertz CT molecular complexity index is 1530. The molecule has 2 fully saturated rings. The fourth-order valence-electron chi connectivity index (χ4n) is 11.2. The van der Waals surface area contributed by atoms with E-state index in [1.165, 1.54) is 11.1 Å². The minimum Gasteiger partial charge on any atom is -0.449 e. The van der Waals surface area contributed by atoms with E-state index in [0.717, 1.165) is 74.7 Å². The van der Waals surface area contributed by atoms with Crippen LogP contribution in [-0.2, 0) is 26.3 Å². The first kappa shape index (κ1) is 27.6. The minimum absolute atomic E-state index is 0.0970. The second kappa shape index (κ2) is 9.54. The highest BCUT2D eigenvalue weighted by Crippen LogP contribution is 2.87. The van der Waals surface area contributed by atoms with E-state index in [1.807, 2.05) is 0 Å². The van der Waals surface area contributed by atoms with Crippen LogP contribution in [0.5, 0.6) is 0 Å². The fourth-order valence-corrected chi connectivity index (χ4v) is 11.2. The van der Waals surface area contributed by atoms with Crippen LogP contribution in [0.1, 0.15) is 93.6 Å². The predicted octanol–water partition coefficient (Wildman–Crippen LogP) is 7.32. The monoisotopic (exact) mass is 579 g/mol. The molecule has 8 rings (SSSR count). The highest BCUT2D eigenvalue weighted by molar-refractivity contribution is 6.00. The summed E-state index contributed by atoms with van der Waals surface area (Å²) in [6, 6.07) is 6.26. The molecule has 1 aromatic carbocycles. The van der Waals surface area contributed by atoms with E-state index in [0.29, 0.717) is 29.9 Å². The van der Waals surface area contributed by atoms with Crippen molar-refractivity contribution < 1.29 is 19.1 Å². The average molecular weight is 580 g/mol. The predicted molar refractivity (Wildman–Crippen MR) is 166 cm³/mol. The Kier molecular flexibility index (Phi) is 6.13. The molecule has 9 atom stereocenters. The van der Waals surface area contributed by atoms with Gasteiger partial charge in [0, 0.05) is 17.4 Å². The summed E-state index contributed by atoms with van der Waals surface area (Å²) >= 11 is 0. The summed E-state index contributed by atoms with van der Waals surface area (Å²) in [5.41, 5.74) is 8.96. The van der Waals surface area contributed by atoms with Crippen molar-refractivity contribution in [3.63, 3.8) is 0 Å². The molecule has 1 aromatic rings. The summed E-state index contributed by atoms with van der Waals surface area (Å²) in [7, 11) is 0. The van der Waals surface area contributed by atoms with Crippen molar-refractivity contribution in [2.75, 3.05) is 6.54 Å². The van der Waals surface area contributed by atoms with Crippen LogP contribution in [0, 0.1) is 46.3 Å². The van der Waals surface area contributed by atoms with E-state index >= 15 is 0 Å². The van der Waals surface area contributed by atoms with Gasteiger partial charge in [0.05, 0.1) is 11.0 Å². The Morgan fingerprint density at radius 2 is 1.98 bits per heavy atom. The van der Waals surface area contributed by atoms with Crippen LogP contribution in [0.15, 0.2) is 65.5 Å². The lowest BCUT2D eigenvalue weighted by atomic mass is 9.27. The van der Waals surface area contributed by atoms with Crippen molar-refractivity contribution in [3.8, 4) is 0 Å². The van der Waals surface area contributed by atoms with E-state index in [1.54, 1.807) is 0 Å². The molecule has 2 aliphatic heterocycles. The number of esters is 2. The number of carbonyl (C=O) groups excluding carboxylic acids is 2. The number of aryl methyl sites for hydroxylation is 1. The first-order valence-corrected chi connectivity index (χ1v) is 16.9. The van der Waals surface area contributed by atoms with Crippen molar-refractivity contribution in [2.45, 2.75) is 84.2 Å². The highest BCUT2D eigenvalue weighted by atomic mass is 16.6. The van der Waals surface area contributed by atoms with Gasteiger partial charge < -0.3 is 15.2 Å². The first-order chi connectivity index (χ1) is 20.9. The second-order valence-electron chi connectivity index (χ2n) is 14.6.